The van der Waals surface area contributed by atoms with Crippen LogP contribution in [0.15, 0.2) is 12.1 Å². The Bertz CT molecular complexity index is 562. The molecule has 2 heterocycles. The van der Waals surface area contributed by atoms with E-state index in [0.29, 0.717) is 16.3 Å². The van der Waals surface area contributed by atoms with E-state index in [4.69, 9.17) is 0 Å². The van der Waals surface area contributed by atoms with Crippen molar-refractivity contribution in [3.05, 3.63) is 21.9 Å². The van der Waals surface area contributed by atoms with Gasteiger partial charge < -0.3 is 10.2 Å². The number of carbonyl (C=O) groups excluding carboxylic acids is 3. The van der Waals surface area contributed by atoms with Crippen molar-refractivity contribution in [1.82, 2.24) is 15.1 Å². The predicted octanol–water partition coefficient (Wildman–Crippen LogP) is 0.845. The third-order valence-corrected chi connectivity index (χ3v) is 4.89. The number of hydrogen-bond acceptors (Lipinski definition) is 5. The summed E-state index contributed by atoms with van der Waals surface area (Å²) >= 11 is 1.22. The van der Waals surface area contributed by atoms with Crippen molar-refractivity contribution in [1.29, 1.82) is 0 Å². The van der Waals surface area contributed by atoms with E-state index in [2.05, 4.69) is 10.2 Å². The molecule has 1 aromatic rings. The van der Waals surface area contributed by atoms with Gasteiger partial charge >= 0.3 is 0 Å². The number of nitrogens with zero attached hydrogens (tertiary/aromatic N) is 2. The molecule has 0 spiro atoms. The van der Waals surface area contributed by atoms with Gasteiger partial charge in [-0.3, -0.25) is 19.3 Å². The minimum absolute atomic E-state index is 0.0209. The molecule has 0 aliphatic carbocycles. The zero-order valence-electron chi connectivity index (χ0n) is 12.9. The highest BCUT2D eigenvalue weighted by Crippen LogP contribution is 2.16. The molecule has 1 aliphatic heterocycles. The van der Waals surface area contributed by atoms with E-state index >= 15 is 0 Å². The Kier molecular flexibility index (Phi) is 5.68. The van der Waals surface area contributed by atoms with E-state index in [1.807, 2.05) is 4.90 Å². The maximum Gasteiger partial charge on any atom is 0.261 e. The standard InChI is InChI=1S/C15H21N3O3S/c1-11(19)13-3-4-14(22-13)15(21)16-5-6-17-7-9-18(10-8-17)12(2)20/h3-4H,5-10H2,1-2H3,(H,16,21). The molecule has 2 amide bonds. The molecular formula is C15H21N3O3S. The van der Waals surface area contributed by atoms with Crippen molar-refractivity contribution >= 4 is 28.9 Å². The van der Waals surface area contributed by atoms with Gasteiger partial charge in [-0.1, -0.05) is 0 Å². The molecule has 0 radical (unpaired) electrons. The first-order valence-corrected chi connectivity index (χ1v) is 8.16. The lowest BCUT2D eigenvalue weighted by Crippen LogP contribution is -2.49. The van der Waals surface area contributed by atoms with Gasteiger partial charge in [0.05, 0.1) is 9.75 Å². The summed E-state index contributed by atoms with van der Waals surface area (Å²) in [6, 6.07) is 3.37. The second-order valence-electron chi connectivity index (χ2n) is 5.32. The van der Waals surface area contributed by atoms with Gasteiger partial charge in [-0.2, -0.15) is 0 Å². The van der Waals surface area contributed by atoms with Gasteiger partial charge in [0.25, 0.3) is 5.91 Å². The Balaban J connectivity index is 1.71. The molecule has 120 valence electrons. The van der Waals surface area contributed by atoms with Crippen LogP contribution in [0.25, 0.3) is 0 Å². The maximum atomic E-state index is 12.0. The number of hydrogen-bond donors (Lipinski definition) is 1. The topological polar surface area (TPSA) is 69.7 Å². The van der Waals surface area contributed by atoms with Crippen LogP contribution in [0.5, 0.6) is 0 Å². The molecule has 7 heteroatoms. The molecule has 1 aliphatic rings. The smallest absolute Gasteiger partial charge is 0.261 e. The SMILES string of the molecule is CC(=O)c1ccc(C(=O)NCCN2CCN(C(C)=O)CC2)s1. The highest BCUT2D eigenvalue weighted by molar-refractivity contribution is 7.15. The Labute approximate surface area is 134 Å². The lowest BCUT2D eigenvalue weighted by atomic mass is 10.3. The van der Waals surface area contributed by atoms with Gasteiger partial charge in [0, 0.05) is 46.2 Å². The molecule has 22 heavy (non-hydrogen) atoms. The first-order valence-electron chi connectivity index (χ1n) is 7.34. The molecule has 0 atom stereocenters. The van der Waals surface area contributed by atoms with Crippen molar-refractivity contribution < 1.29 is 14.4 Å². The Morgan fingerprint density at radius 1 is 1.09 bits per heavy atom. The molecule has 0 aromatic carbocycles. The lowest BCUT2D eigenvalue weighted by Gasteiger charge is -2.34. The molecule has 1 N–H and O–H groups in total. The van der Waals surface area contributed by atoms with E-state index in [9.17, 15) is 14.4 Å². The number of piperazine rings is 1. The molecule has 0 bridgehead atoms. The number of ketones is 1. The Morgan fingerprint density at radius 3 is 2.27 bits per heavy atom. The third kappa shape index (κ3) is 4.38. The van der Waals surface area contributed by atoms with Gasteiger partial charge in [-0.05, 0) is 19.1 Å². The first-order chi connectivity index (χ1) is 10.5. The minimum Gasteiger partial charge on any atom is -0.350 e. The van der Waals surface area contributed by atoms with E-state index in [1.165, 1.54) is 18.3 Å². The second-order valence-corrected chi connectivity index (χ2v) is 6.41. The van der Waals surface area contributed by atoms with Crippen LogP contribution in [0.4, 0.5) is 0 Å². The number of thiophene rings is 1. The molecule has 2 rings (SSSR count). The summed E-state index contributed by atoms with van der Waals surface area (Å²) < 4.78 is 0. The van der Waals surface area contributed by atoms with Crippen molar-refractivity contribution in [2.75, 3.05) is 39.3 Å². The van der Waals surface area contributed by atoms with E-state index in [0.717, 1.165) is 32.7 Å². The summed E-state index contributed by atoms with van der Waals surface area (Å²) in [5.74, 6) is -0.0424. The molecule has 0 saturated carbocycles. The number of Topliss-reactive ketones (excluding diaryl/α,β-unsaturated/α-hetero) is 1. The molecule has 1 saturated heterocycles. The fourth-order valence-corrected chi connectivity index (χ4v) is 3.17. The van der Waals surface area contributed by atoms with Gasteiger partial charge in [0.2, 0.25) is 5.91 Å². The fraction of sp³-hybridized carbons (Fsp3) is 0.533. The molecule has 6 nitrogen and oxygen atoms in total. The van der Waals surface area contributed by atoms with Crippen LogP contribution >= 0.6 is 11.3 Å². The van der Waals surface area contributed by atoms with E-state index in [-0.39, 0.29) is 17.6 Å². The average molecular weight is 323 g/mol. The molecule has 1 fully saturated rings. The fourth-order valence-electron chi connectivity index (χ4n) is 2.35. The van der Waals surface area contributed by atoms with Crippen LogP contribution in [0.2, 0.25) is 0 Å². The van der Waals surface area contributed by atoms with Crippen LogP contribution in [-0.4, -0.2) is 66.7 Å². The normalized spacial score (nSPS) is 15.6. The summed E-state index contributed by atoms with van der Waals surface area (Å²) in [5, 5.41) is 2.87. The minimum atomic E-state index is -0.139. The number of carbonyl (C=O) groups is 3. The summed E-state index contributed by atoms with van der Waals surface area (Å²) in [7, 11) is 0. The largest absolute Gasteiger partial charge is 0.350 e. The van der Waals surface area contributed by atoms with Crippen LogP contribution < -0.4 is 5.32 Å². The Hall–Kier alpha value is -1.73. The zero-order valence-corrected chi connectivity index (χ0v) is 13.7. The monoisotopic (exact) mass is 323 g/mol. The van der Waals surface area contributed by atoms with Gasteiger partial charge in [-0.25, -0.2) is 0 Å². The summed E-state index contributed by atoms with van der Waals surface area (Å²) in [4.78, 5) is 39.7. The van der Waals surface area contributed by atoms with Gasteiger partial charge in [0.15, 0.2) is 5.78 Å². The van der Waals surface area contributed by atoms with Crippen molar-refractivity contribution in [3.8, 4) is 0 Å². The zero-order chi connectivity index (χ0) is 16.1. The second kappa shape index (κ2) is 7.51. The Morgan fingerprint density at radius 2 is 1.73 bits per heavy atom. The quantitative estimate of drug-likeness (QED) is 0.816. The van der Waals surface area contributed by atoms with Crippen molar-refractivity contribution in [3.63, 3.8) is 0 Å². The maximum absolute atomic E-state index is 12.0. The highest BCUT2D eigenvalue weighted by Gasteiger charge is 2.18. The van der Waals surface area contributed by atoms with E-state index in [1.54, 1.807) is 19.1 Å². The molecular weight excluding hydrogens is 302 g/mol. The van der Waals surface area contributed by atoms with E-state index < -0.39 is 0 Å². The number of rotatable bonds is 5. The summed E-state index contributed by atoms with van der Waals surface area (Å²) in [6.45, 7) is 7.58. The van der Waals surface area contributed by atoms with Crippen molar-refractivity contribution in [2.45, 2.75) is 13.8 Å². The number of amides is 2. The average Bonchev–Trinajstić information content (AvgIpc) is 2.98. The summed E-state index contributed by atoms with van der Waals surface area (Å²) in [6.07, 6.45) is 0. The van der Waals surface area contributed by atoms with Crippen LogP contribution in [0.1, 0.15) is 33.2 Å². The highest BCUT2D eigenvalue weighted by atomic mass is 32.1. The van der Waals surface area contributed by atoms with Crippen LogP contribution in [0, 0.1) is 0 Å². The van der Waals surface area contributed by atoms with Gasteiger partial charge in [0.1, 0.15) is 0 Å². The van der Waals surface area contributed by atoms with Crippen molar-refractivity contribution in [2.24, 2.45) is 0 Å². The van der Waals surface area contributed by atoms with Gasteiger partial charge in [-0.15, -0.1) is 11.3 Å². The lowest BCUT2D eigenvalue weighted by molar-refractivity contribution is -0.130. The van der Waals surface area contributed by atoms with Crippen LogP contribution in [0.3, 0.4) is 0 Å². The number of nitrogens with one attached hydrogen (secondary N) is 1. The predicted molar refractivity (Wildman–Crippen MR) is 85.4 cm³/mol. The van der Waals surface area contributed by atoms with Crippen LogP contribution in [-0.2, 0) is 4.79 Å². The first kappa shape index (κ1) is 16.6. The summed E-state index contributed by atoms with van der Waals surface area (Å²) in [5.41, 5.74) is 0. The molecule has 1 aromatic heterocycles. The third-order valence-electron chi connectivity index (χ3n) is 3.71. The molecule has 0 unspecified atom stereocenters.